The summed E-state index contributed by atoms with van der Waals surface area (Å²) >= 11 is 5.86. The second kappa shape index (κ2) is 10.9. The fraction of sp³-hybridized carbons (Fsp3) is 0.391. The van der Waals surface area contributed by atoms with Gasteiger partial charge in [-0.1, -0.05) is 54.8 Å². The zero-order chi connectivity index (χ0) is 20.5. The molecule has 0 aliphatic carbocycles. The molecule has 29 heavy (non-hydrogen) atoms. The van der Waals surface area contributed by atoms with Gasteiger partial charge in [0.1, 0.15) is 12.3 Å². The van der Waals surface area contributed by atoms with Crippen LogP contribution in [0.25, 0.3) is 0 Å². The number of carbonyl (C=O) groups is 2. The third kappa shape index (κ3) is 6.79. The molecule has 1 aliphatic rings. The highest BCUT2D eigenvalue weighted by molar-refractivity contribution is 6.30. The maximum atomic E-state index is 12.1. The molecule has 1 heterocycles. The first-order chi connectivity index (χ1) is 14.1. The SMILES string of the molecule is O=C(CN1C(=O)CC1Oc1ccc(Cl)cc1)NCCCCCCc1ccccc1. The van der Waals surface area contributed by atoms with E-state index in [0.717, 1.165) is 32.1 Å². The van der Waals surface area contributed by atoms with E-state index in [4.69, 9.17) is 16.3 Å². The quantitative estimate of drug-likeness (QED) is 0.443. The van der Waals surface area contributed by atoms with Crippen molar-refractivity contribution in [2.45, 2.75) is 44.8 Å². The maximum Gasteiger partial charge on any atom is 0.239 e. The van der Waals surface area contributed by atoms with Gasteiger partial charge in [0.05, 0.1) is 6.42 Å². The van der Waals surface area contributed by atoms with Crippen LogP contribution in [0.4, 0.5) is 0 Å². The number of ether oxygens (including phenoxy) is 1. The Balaban J connectivity index is 1.27. The van der Waals surface area contributed by atoms with Crippen molar-refractivity contribution in [1.29, 1.82) is 0 Å². The lowest BCUT2D eigenvalue weighted by Gasteiger charge is -2.39. The zero-order valence-corrected chi connectivity index (χ0v) is 17.2. The predicted molar refractivity (Wildman–Crippen MR) is 114 cm³/mol. The summed E-state index contributed by atoms with van der Waals surface area (Å²) in [6.45, 7) is 0.667. The van der Waals surface area contributed by atoms with Gasteiger partial charge in [-0.2, -0.15) is 0 Å². The summed E-state index contributed by atoms with van der Waals surface area (Å²) in [5, 5.41) is 3.52. The Labute approximate surface area is 177 Å². The molecule has 1 saturated heterocycles. The molecule has 0 bridgehead atoms. The minimum absolute atomic E-state index is 0.0328. The van der Waals surface area contributed by atoms with E-state index in [0.29, 0.717) is 17.3 Å². The van der Waals surface area contributed by atoms with Crippen LogP contribution >= 0.6 is 11.6 Å². The Morgan fingerprint density at radius 2 is 1.76 bits per heavy atom. The van der Waals surface area contributed by atoms with E-state index < -0.39 is 6.23 Å². The van der Waals surface area contributed by atoms with Gasteiger partial charge in [0.25, 0.3) is 0 Å². The minimum atomic E-state index is -0.396. The van der Waals surface area contributed by atoms with E-state index in [1.807, 2.05) is 6.07 Å². The van der Waals surface area contributed by atoms with Crippen molar-refractivity contribution in [3.8, 4) is 5.75 Å². The molecule has 1 N–H and O–H groups in total. The van der Waals surface area contributed by atoms with Crippen molar-refractivity contribution in [1.82, 2.24) is 10.2 Å². The van der Waals surface area contributed by atoms with Crippen molar-refractivity contribution >= 4 is 23.4 Å². The fourth-order valence-corrected chi connectivity index (χ4v) is 3.41. The normalized spacial score (nSPS) is 15.7. The van der Waals surface area contributed by atoms with Crippen molar-refractivity contribution in [2.24, 2.45) is 0 Å². The average molecular weight is 415 g/mol. The number of unbranched alkanes of at least 4 members (excludes halogenated alkanes) is 3. The number of aryl methyl sites for hydroxylation is 1. The number of likely N-dealkylation sites (tertiary alicyclic amines) is 1. The van der Waals surface area contributed by atoms with E-state index >= 15 is 0 Å². The Kier molecular flexibility index (Phi) is 7.94. The molecule has 3 rings (SSSR count). The topological polar surface area (TPSA) is 58.6 Å². The number of carbonyl (C=O) groups excluding carboxylic acids is 2. The second-order valence-electron chi connectivity index (χ2n) is 7.25. The van der Waals surface area contributed by atoms with Gasteiger partial charge >= 0.3 is 0 Å². The van der Waals surface area contributed by atoms with Crippen LogP contribution in [0.3, 0.4) is 0 Å². The van der Waals surface area contributed by atoms with Gasteiger partial charge in [-0.05, 0) is 49.1 Å². The van der Waals surface area contributed by atoms with Crippen molar-refractivity contribution in [3.63, 3.8) is 0 Å². The van der Waals surface area contributed by atoms with Crippen molar-refractivity contribution in [2.75, 3.05) is 13.1 Å². The largest absolute Gasteiger partial charge is 0.470 e. The van der Waals surface area contributed by atoms with Gasteiger partial charge in [-0.25, -0.2) is 0 Å². The first kappa shape index (κ1) is 21.2. The number of nitrogens with one attached hydrogen (secondary N) is 1. The third-order valence-electron chi connectivity index (χ3n) is 4.97. The highest BCUT2D eigenvalue weighted by Gasteiger charge is 2.39. The average Bonchev–Trinajstić information content (AvgIpc) is 2.73. The van der Waals surface area contributed by atoms with Crippen LogP contribution in [0.1, 0.15) is 37.7 Å². The predicted octanol–water partition coefficient (Wildman–Crippen LogP) is 4.20. The summed E-state index contributed by atoms with van der Waals surface area (Å²) in [6.07, 6.45) is 5.32. The highest BCUT2D eigenvalue weighted by Crippen LogP contribution is 2.24. The van der Waals surface area contributed by atoms with E-state index in [1.54, 1.807) is 24.3 Å². The minimum Gasteiger partial charge on any atom is -0.470 e. The number of hydrogen-bond acceptors (Lipinski definition) is 3. The Morgan fingerprint density at radius 3 is 2.48 bits per heavy atom. The smallest absolute Gasteiger partial charge is 0.239 e. The zero-order valence-electron chi connectivity index (χ0n) is 16.5. The van der Waals surface area contributed by atoms with E-state index in [1.165, 1.54) is 10.5 Å². The number of benzene rings is 2. The van der Waals surface area contributed by atoms with Crippen LogP contribution in [0.15, 0.2) is 54.6 Å². The third-order valence-corrected chi connectivity index (χ3v) is 5.23. The summed E-state index contributed by atoms with van der Waals surface area (Å²) in [4.78, 5) is 25.4. The molecule has 6 heteroatoms. The molecule has 2 amide bonds. The highest BCUT2D eigenvalue weighted by atomic mass is 35.5. The molecule has 1 atom stereocenters. The first-order valence-corrected chi connectivity index (χ1v) is 10.5. The van der Waals surface area contributed by atoms with Crippen LogP contribution in [0.2, 0.25) is 5.02 Å². The number of rotatable bonds is 11. The molecule has 1 aliphatic heterocycles. The lowest BCUT2D eigenvalue weighted by Crippen LogP contribution is -2.58. The van der Waals surface area contributed by atoms with Crippen LogP contribution in [-0.4, -0.2) is 36.0 Å². The van der Waals surface area contributed by atoms with Crippen LogP contribution in [0, 0.1) is 0 Å². The van der Waals surface area contributed by atoms with Gasteiger partial charge in [0.15, 0.2) is 6.23 Å². The van der Waals surface area contributed by atoms with E-state index in [2.05, 4.69) is 29.6 Å². The molecule has 154 valence electrons. The molecule has 0 spiro atoms. The Bertz CT molecular complexity index is 796. The van der Waals surface area contributed by atoms with Gasteiger partial charge in [0, 0.05) is 11.6 Å². The molecule has 2 aromatic rings. The van der Waals surface area contributed by atoms with Crippen LogP contribution in [-0.2, 0) is 16.0 Å². The van der Waals surface area contributed by atoms with Crippen molar-refractivity contribution < 1.29 is 14.3 Å². The number of halogens is 1. The van der Waals surface area contributed by atoms with Gasteiger partial charge in [-0.15, -0.1) is 0 Å². The van der Waals surface area contributed by atoms with Gasteiger partial charge in [0.2, 0.25) is 11.8 Å². The Morgan fingerprint density at radius 1 is 1.03 bits per heavy atom. The number of β-lactam (4-membered cyclic amide) rings is 1. The van der Waals surface area contributed by atoms with E-state index in [-0.39, 0.29) is 24.8 Å². The number of nitrogens with zero attached hydrogens (tertiary/aromatic N) is 1. The van der Waals surface area contributed by atoms with Crippen LogP contribution in [0.5, 0.6) is 5.75 Å². The molecule has 1 fully saturated rings. The molecule has 1 unspecified atom stereocenters. The molecule has 0 radical (unpaired) electrons. The molecule has 5 nitrogen and oxygen atoms in total. The monoisotopic (exact) mass is 414 g/mol. The molecule has 0 saturated carbocycles. The summed E-state index contributed by atoms with van der Waals surface area (Å²) in [6, 6.07) is 17.4. The fourth-order valence-electron chi connectivity index (χ4n) is 3.28. The van der Waals surface area contributed by atoms with Crippen LogP contribution < -0.4 is 10.1 Å². The molecular weight excluding hydrogens is 388 g/mol. The lowest BCUT2D eigenvalue weighted by molar-refractivity contribution is -0.163. The van der Waals surface area contributed by atoms with E-state index in [9.17, 15) is 9.59 Å². The molecule has 0 aromatic heterocycles. The lowest BCUT2D eigenvalue weighted by atomic mass is 10.1. The van der Waals surface area contributed by atoms with Gasteiger partial charge in [-0.3, -0.25) is 14.5 Å². The maximum absolute atomic E-state index is 12.1. The number of amides is 2. The summed E-state index contributed by atoms with van der Waals surface area (Å²) in [5.74, 6) is 0.417. The number of hydrogen-bond donors (Lipinski definition) is 1. The summed E-state index contributed by atoms with van der Waals surface area (Å²) < 4.78 is 5.76. The van der Waals surface area contributed by atoms with Crippen molar-refractivity contribution in [3.05, 3.63) is 65.2 Å². The van der Waals surface area contributed by atoms with Gasteiger partial charge < -0.3 is 10.1 Å². The Hall–Kier alpha value is -2.53. The molecule has 2 aromatic carbocycles. The molecular formula is C23H27ClN2O3. The summed E-state index contributed by atoms with van der Waals surface area (Å²) in [5.41, 5.74) is 1.37. The standard InChI is InChI=1S/C23H27ClN2O3/c24-19-11-13-20(14-12-19)29-23-16-22(28)26(23)17-21(27)25-15-7-2-1-4-8-18-9-5-3-6-10-18/h3,5-6,9-14,23H,1-2,4,7-8,15-17H2,(H,25,27). The summed E-state index contributed by atoms with van der Waals surface area (Å²) in [7, 11) is 0. The second-order valence-corrected chi connectivity index (χ2v) is 7.69. The first-order valence-electron chi connectivity index (χ1n) is 10.1.